The fourth-order valence-corrected chi connectivity index (χ4v) is 5.91. The number of carboxylic acid groups (broad SMARTS) is 1. The number of aliphatic hydroxyl groups is 1. The van der Waals surface area contributed by atoms with Crippen LogP contribution < -0.4 is 10.6 Å². The third-order valence-electron chi connectivity index (χ3n) is 7.76. The van der Waals surface area contributed by atoms with Crippen LogP contribution in [0.25, 0.3) is 10.4 Å². The number of amides is 3. The molecule has 1 aliphatic heterocycles. The van der Waals surface area contributed by atoms with Gasteiger partial charge in [-0.2, -0.15) is 0 Å². The second-order valence-corrected chi connectivity index (χ2v) is 13.6. The molecule has 272 valence electrons. The summed E-state index contributed by atoms with van der Waals surface area (Å²) in [6, 6.07) is 6.06. The van der Waals surface area contributed by atoms with E-state index in [-0.39, 0.29) is 64.0 Å². The highest BCUT2D eigenvalue weighted by atomic mass is 32.1. The average Bonchev–Trinajstić information content (AvgIpc) is 3.67. The number of carboxylic acids is 1. The number of β-amino-alcohol motifs (C(OH)–C–C–N with tert-alkyl or cyclic N) is 1. The number of aryl methyl sites for hydroxylation is 1. The van der Waals surface area contributed by atoms with Gasteiger partial charge in [0, 0.05) is 25.9 Å². The molecule has 1 aliphatic rings. The lowest BCUT2D eigenvalue weighted by molar-refractivity contribution is -0.144. The van der Waals surface area contributed by atoms with Crippen LogP contribution in [-0.4, -0.2) is 121 Å². The first-order valence-corrected chi connectivity index (χ1v) is 17.3. The molecule has 3 amide bonds. The minimum atomic E-state index is -0.922. The highest BCUT2D eigenvalue weighted by Gasteiger charge is 2.44. The number of aliphatic carboxylic acids is 1. The van der Waals surface area contributed by atoms with Crippen molar-refractivity contribution in [3.8, 4) is 10.4 Å². The summed E-state index contributed by atoms with van der Waals surface area (Å²) in [4.78, 5) is 57.1. The Hall–Kier alpha value is -3.47. The molecule has 2 aromatic rings. The smallest absolute Gasteiger partial charge is 0.305 e. The number of rotatable bonds is 21. The molecule has 3 rings (SSSR count). The zero-order valence-electron chi connectivity index (χ0n) is 28.8. The third-order valence-corrected chi connectivity index (χ3v) is 8.74. The van der Waals surface area contributed by atoms with E-state index in [1.807, 2.05) is 57.5 Å². The summed E-state index contributed by atoms with van der Waals surface area (Å²) in [6.07, 6.45) is -0.767. The lowest BCUT2D eigenvalue weighted by atomic mass is 9.85. The molecule has 1 saturated heterocycles. The van der Waals surface area contributed by atoms with E-state index in [9.17, 15) is 24.3 Å². The van der Waals surface area contributed by atoms with Crippen molar-refractivity contribution in [2.75, 3.05) is 59.4 Å². The summed E-state index contributed by atoms with van der Waals surface area (Å²) in [5, 5.41) is 24.7. The van der Waals surface area contributed by atoms with Gasteiger partial charge >= 0.3 is 5.97 Å². The fourth-order valence-electron chi connectivity index (χ4n) is 5.10. The van der Waals surface area contributed by atoms with Crippen LogP contribution in [0.3, 0.4) is 0 Å². The molecule has 1 aromatic heterocycles. The summed E-state index contributed by atoms with van der Waals surface area (Å²) < 4.78 is 21.4. The van der Waals surface area contributed by atoms with Crippen molar-refractivity contribution in [1.82, 2.24) is 20.5 Å². The van der Waals surface area contributed by atoms with E-state index in [0.29, 0.717) is 33.0 Å². The highest BCUT2D eigenvalue weighted by Crippen LogP contribution is 2.28. The number of carbonyl (C=O) groups excluding carboxylic acids is 3. The normalized spacial score (nSPS) is 16.8. The Morgan fingerprint density at radius 1 is 0.939 bits per heavy atom. The van der Waals surface area contributed by atoms with Crippen molar-refractivity contribution in [3.05, 3.63) is 41.0 Å². The van der Waals surface area contributed by atoms with Gasteiger partial charge in [0.2, 0.25) is 17.7 Å². The van der Waals surface area contributed by atoms with Gasteiger partial charge in [-0.25, -0.2) is 4.98 Å². The lowest BCUT2D eigenvalue weighted by Gasteiger charge is -2.35. The molecule has 15 heteroatoms. The maximum atomic E-state index is 13.8. The summed E-state index contributed by atoms with van der Waals surface area (Å²) in [5.74, 6) is -2.07. The fraction of sp³-hybridized carbons (Fsp3) is 0.618. The number of aromatic nitrogens is 1. The van der Waals surface area contributed by atoms with Crippen molar-refractivity contribution < 1.29 is 48.3 Å². The number of hydrogen-bond acceptors (Lipinski definition) is 11. The van der Waals surface area contributed by atoms with E-state index in [2.05, 4.69) is 15.6 Å². The molecule has 4 N–H and O–H groups in total. The summed E-state index contributed by atoms with van der Waals surface area (Å²) in [5.41, 5.74) is 4.05. The van der Waals surface area contributed by atoms with Gasteiger partial charge in [-0.3, -0.25) is 19.2 Å². The van der Waals surface area contributed by atoms with Gasteiger partial charge in [0.15, 0.2) is 0 Å². The number of nitrogens with one attached hydrogen (secondary N) is 2. The Kier molecular flexibility index (Phi) is 16.5. The first-order chi connectivity index (χ1) is 23.4. The van der Waals surface area contributed by atoms with Crippen molar-refractivity contribution in [3.63, 3.8) is 0 Å². The summed E-state index contributed by atoms with van der Waals surface area (Å²) in [7, 11) is 0. The zero-order valence-corrected chi connectivity index (χ0v) is 29.6. The first-order valence-electron chi connectivity index (χ1n) is 16.4. The average molecular weight is 707 g/mol. The van der Waals surface area contributed by atoms with E-state index < -0.39 is 35.5 Å². The lowest BCUT2D eigenvalue weighted by Crippen LogP contribution is -2.57. The molecular formula is C34H50N4O10S. The van der Waals surface area contributed by atoms with E-state index >= 15 is 0 Å². The van der Waals surface area contributed by atoms with Crippen molar-refractivity contribution in [2.24, 2.45) is 5.41 Å². The maximum Gasteiger partial charge on any atom is 0.305 e. The van der Waals surface area contributed by atoms with Gasteiger partial charge in [0.05, 0.1) is 81.5 Å². The van der Waals surface area contributed by atoms with Gasteiger partial charge in [-0.15, -0.1) is 11.3 Å². The van der Waals surface area contributed by atoms with Gasteiger partial charge in [-0.1, -0.05) is 45.0 Å². The Labute approximate surface area is 291 Å². The maximum absolute atomic E-state index is 13.8. The van der Waals surface area contributed by atoms with Crippen LogP contribution in [-0.2, 0) is 44.7 Å². The molecule has 49 heavy (non-hydrogen) atoms. The number of thiazole rings is 1. The first kappa shape index (κ1) is 40.0. The van der Waals surface area contributed by atoms with Crippen LogP contribution in [0.2, 0.25) is 0 Å². The van der Waals surface area contributed by atoms with Crippen molar-refractivity contribution in [1.29, 1.82) is 0 Å². The van der Waals surface area contributed by atoms with Gasteiger partial charge in [-0.05, 0) is 23.5 Å². The van der Waals surface area contributed by atoms with Crippen LogP contribution in [0.15, 0.2) is 29.8 Å². The molecule has 0 saturated carbocycles. The van der Waals surface area contributed by atoms with Crippen LogP contribution in [0.4, 0.5) is 0 Å². The predicted octanol–water partition coefficient (Wildman–Crippen LogP) is 2.16. The van der Waals surface area contributed by atoms with E-state index in [1.165, 1.54) is 4.90 Å². The largest absolute Gasteiger partial charge is 0.481 e. The van der Waals surface area contributed by atoms with Gasteiger partial charge in [0.1, 0.15) is 12.1 Å². The summed E-state index contributed by atoms with van der Waals surface area (Å²) >= 11 is 1.57. The summed E-state index contributed by atoms with van der Waals surface area (Å²) in [6.45, 7) is 9.91. The van der Waals surface area contributed by atoms with Crippen molar-refractivity contribution in [2.45, 2.75) is 71.7 Å². The minimum absolute atomic E-state index is 0.00299. The monoisotopic (exact) mass is 706 g/mol. The van der Waals surface area contributed by atoms with E-state index in [4.69, 9.17) is 24.1 Å². The zero-order chi connectivity index (χ0) is 35.8. The number of hydrogen-bond donors (Lipinski definition) is 4. The third kappa shape index (κ3) is 13.8. The molecule has 3 atom stereocenters. The van der Waals surface area contributed by atoms with Crippen LogP contribution >= 0.6 is 11.3 Å². The van der Waals surface area contributed by atoms with E-state index in [1.54, 1.807) is 11.3 Å². The molecule has 0 bridgehead atoms. The molecular weight excluding hydrogens is 656 g/mol. The van der Waals surface area contributed by atoms with Crippen LogP contribution in [0.5, 0.6) is 0 Å². The van der Waals surface area contributed by atoms with Crippen LogP contribution in [0.1, 0.15) is 51.3 Å². The molecule has 1 fully saturated rings. The SMILES string of the molecule is Cc1ncsc1-c1ccc(CNC(=O)[C@@H]2C[C@@H](O)CN2C(=O)[C@@H](NC(=O)CCOCCOCCOCCOCCC(=O)O)C(C)(C)C)cc1. The van der Waals surface area contributed by atoms with Gasteiger partial charge < -0.3 is 44.7 Å². The molecule has 0 unspecified atom stereocenters. The van der Waals surface area contributed by atoms with Crippen LogP contribution in [0, 0.1) is 12.3 Å². The second kappa shape index (κ2) is 20.3. The van der Waals surface area contributed by atoms with Crippen molar-refractivity contribution >= 4 is 35.0 Å². The number of ether oxygens (including phenoxy) is 4. The Bertz CT molecular complexity index is 1350. The Balaban J connectivity index is 1.38. The minimum Gasteiger partial charge on any atom is -0.481 e. The quantitative estimate of drug-likeness (QED) is 0.140. The Morgan fingerprint density at radius 2 is 1.51 bits per heavy atom. The standard InChI is InChI=1S/C34H50N4O10S/c1-23-30(49-22-36-23)25-7-5-24(6-8-25)20-35-32(43)27-19-26(39)21-38(27)33(44)31(34(2,3)4)37-28(40)9-11-45-13-15-47-17-18-48-16-14-46-12-10-29(41)42/h5-8,22,26-27,31,39H,9-21H2,1-4H3,(H,35,43)(H,37,40)(H,41,42)/t26-,27+,31-/m1/s1. The highest BCUT2D eigenvalue weighted by molar-refractivity contribution is 7.13. The predicted molar refractivity (Wildman–Crippen MR) is 182 cm³/mol. The number of likely N-dealkylation sites (tertiary alicyclic amines) is 1. The second-order valence-electron chi connectivity index (χ2n) is 12.8. The number of aliphatic hydroxyl groups excluding tert-OH is 1. The number of carbonyl (C=O) groups is 4. The van der Waals surface area contributed by atoms with E-state index in [0.717, 1.165) is 21.7 Å². The number of benzene rings is 1. The van der Waals surface area contributed by atoms with Gasteiger partial charge in [0.25, 0.3) is 0 Å². The molecule has 14 nitrogen and oxygen atoms in total. The molecule has 2 heterocycles. The Morgan fingerprint density at radius 3 is 2.04 bits per heavy atom. The molecule has 0 spiro atoms. The number of nitrogens with zero attached hydrogens (tertiary/aromatic N) is 2. The molecule has 1 aromatic carbocycles. The molecule has 0 aliphatic carbocycles. The molecule has 0 radical (unpaired) electrons. The topological polar surface area (TPSA) is 186 Å².